The summed E-state index contributed by atoms with van der Waals surface area (Å²) in [6.07, 6.45) is 0. The number of carbonyl (C=O) groups is 1. The second-order valence-electron chi connectivity index (χ2n) is 3.22. The number of carbonyl (C=O) groups excluding carboxylic acids is 1. The van der Waals surface area contributed by atoms with Crippen molar-refractivity contribution in [3.05, 3.63) is 27.2 Å². The van der Waals surface area contributed by atoms with E-state index in [0.29, 0.717) is 34.0 Å². The van der Waals surface area contributed by atoms with E-state index >= 15 is 0 Å². The lowest BCUT2D eigenvalue weighted by atomic mass is 10.2. The van der Waals surface area contributed by atoms with Crippen molar-refractivity contribution in [2.24, 2.45) is 0 Å². The van der Waals surface area contributed by atoms with Gasteiger partial charge in [-0.05, 0) is 28.1 Å². The normalized spacial score (nSPS) is 10.1. The minimum atomic E-state index is -0.202. The number of halogens is 2. The molecule has 0 atom stereocenters. The van der Waals surface area contributed by atoms with Crippen molar-refractivity contribution in [2.75, 3.05) is 27.4 Å². The topological polar surface area (TPSA) is 47.6 Å². The number of ether oxygens (including phenoxy) is 2. The predicted molar refractivity (Wildman–Crippen MR) is 69.9 cm³/mol. The fourth-order valence-corrected chi connectivity index (χ4v) is 2.29. The average molecular weight is 323 g/mol. The Hall–Kier alpha value is -0.780. The number of benzene rings is 1. The van der Waals surface area contributed by atoms with E-state index in [1.54, 1.807) is 19.2 Å². The van der Waals surface area contributed by atoms with Gasteiger partial charge in [0.2, 0.25) is 0 Å². The molecule has 6 heteroatoms. The predicted octanol–water partition coefficient (Wildman–Crippen LogP) is 2.49. The van der Waals surface area contributed by atoms with Crippen LogP contribution in [0, 0.1) is 0 Å². The Bertz CT molecular complexity index is 389. The standard InChI is InChI=1S/C11H13BrClNO3/c1-16-4-3-14-11(15)7-5-8(12)10(17-2)9(13)6-7/h5-6H,3-4H2,1-2H3,(H,14,15). The fourth-order valence-electron chi connectivity index (χ4n) is 1.25. The molecule has 0 aliphatic heterocycles. The molecule has 0 spiro atoms. The van der Waals surface area contributed by atoms with Crippen LogP contribution < -0.4 is 10.1 Å². The lowest BCUT2D eigenvalue weighted by Gasteiger charge is -2.09. The van der Waals surface area contributed by atoms with Crippen LogP contribution in [0.1, 0.15) is 10.4 Å². The molecule has 0 aromatic heterocycles. The Labute approximate surface area is 113 Å². The highest BCUT2D eigenvalue weighted by Crippen LogP contribution is 2.33. The molecular weight excluding hydrogens is 309 g/mol. The van der Waals surface area contributed by atoms with E-state index < -0.39 is 0 Å². The van der Waals surface area contributed by atoms with Gasteiger partial charge < -0.3 is 14.8 Å². The van der Waals surface area contributed by atoms with Gasteiger partial charge in [0, 0.05) is 19.2 Å². The summed E-state index contributed by atoms with van der Waals surface area (Å²) in [5, 5.41) is 3.10. The molecule has 1 aromatic carbocycles. The van der Waals surface area contributed by atoms with Gasteiger partial charge in [0.05, 0.1) is 23.2 Å². The van der Waals surface area contributed by atoms with Gasteiger partial charge in [-0.3, -0.25) is 4.79 Å². The smallest absolute Gasteiger partial charge is 0.251 e. The molecule has 17 heavy (non-hydrogen) atoms. The first-order valence-corrected chi connectivity index (χ1v) is 6.07. The molecule has 1 amide bonds. The van der Waals surface area contributed by atoms with E-state index in [1.165, 1.54) is 7.11 Å². The summed E-state index contributed by atoms with van der Waals surface area (Å²) in [5.74, 6) is 0.312. The maximum atomic E-state index is 11.7. The molecule has 94 valence electrons. The maximum Gasteiger partial charge on any atom is 0.251 e. The molecule has 0 fully saturated rings. The fraction of sp³-hybridized carbons (Fsp3) is 0.364. The van der Waals surface area contributed by atoms with Crippen LogP contribution in [0.4, 0.5) is 0 Å². The van der Waals surface area contributed by atoms with Crippen LogP contribution in [-0.2, 0) is 4.74 Å². The quantitative estimate of drug-likeness (QED) is 0.847. The zero-order valence-electron chi connectivity index (χ0n) is 9.55. The zero-order valence-corrected chi connectivity index (χ0v) is 11.9. The van der Waals surface area contributed by atoms with Gasteiger partial charge in [0.1, 0.15) is 0 Å². The van der Waals surface area contributed by atoms with Gasteiger partial charge in [0.15, 0.2) is 5.75 Å². The van der Waals surface area contributed by atoms with Crippen molar-refractivity contribution >= 4 is 33.4 Å². The summed E-state index contributed by atoms with van der Waals surface area (Å²) in [4.78, 5) is 11.7. The van der Waals surface area contributed by atoms with Crippen molar-refractivity contribution < 1.29 is 14.3 Å². The number of hydrogen-bond acceptors (Lipinski definition) is 3. The summed E-state index contributed by atoms with van der Waals surface area (Å²) in [5.41, 5.74) is 0.471. The van der Waals surface area contributed by atoms with Crippen molar-refractivity contribution in [1.82, 2.24) is 5.32 Å². The summed E-state index contributed by atoms with van der Waals surface area (Å²) >= 11 is 9.27. The molecule has 4 nitrogen and oxygen atoms in total. The molecule has 0 radical (unpaired) electrons. The molecule has 0 heterocycles. The van der Waals surface area contributed by atoms with Crippen LogP contribution in [0.3, 0.4) is 0 Å². The molecule has 0 unspecified atom stereocenters. The van der Waals surface area contributed by atoms with Crippen LogP contribution in [0.2, 0.25) is 5.02 Å². The van der Waals surface area contributed by atoms with E-state index in [4.69, 9.17) is 21.1 Å². The molecule has 1 rings (SSSR count). The zero-order chi connectivity index (χ0) is 12.8. The van der Waals surface area contributed by atoms with Crippen LogP contribution >= 0.6 is 27.5 Å². The first-order chi connectivity index (χ1) is 8.10. The van der Waals surface area contributed by atoms with Gasteiger partial charge in [-0.15, -0.1) is 0 Å². The minimum absolute atomic E-state index is 0.202. The van der Waals surface area contributed by atoms with E-state index in [9.17, 15) is 4.79 Å². The highest BCUT2D eigenvalue weighted by molar-refractivity contribution is 9.10. The van der Waals surface area contributed by atoms with E-state index in [2.05, 4.69) is 21.2 Å². The maximum absolute atomic E-state index is 11.7. The van der Waals surface area contributed by atoms with Crippen molar-refractivity contribution in [3.8, 4) is 5.75 Å². The molecular formula is C11H13BrClNO3. The van der Waals surface area contributed by atoms with Crippen LogP contribution in [0.5, 0.6) is 5.75 Å². The summed E-state index contributed by atoms with van der Waals surface area (Å²) < 4.78 is 10.6. The highest BCUT2D eigenvalue weighted by atomic mass is 79.9. The van der Waals surface area contributed by atoms with E-state index in [-0.39, 0.29) is 5.91 Å². The first kappa shape index (κ1) is 14.3. The average Bonchev–Trinajstić information content (AvgIpc) is 2.28. The summed E-state index contributed by atoms with van der Waals surface area (Å²) in [6.45, 7) is 0.924. The molecule has 0 aliphatic rings. The molecule has 0 saturated carbocycles. The molecule has 0 aliphatic carbocycles. The SMILES string of the molecule is COCCNC(=O)c1cc(Cl)c(OC)c(Br)c1. The lowest BCUT2D eigenvalue weighted by Crippen LogP contribution is -2.26. The second kappa shape index (κ2) is 6.83. The van der Waals surface area contributed by atoms with Crippen molar-refractivity contribution in [3.63, 3.8) is 0 Å². The Kier molecular flexibility index (Phi) is 5.74. The van der Waals surface area contributed by atoms with Crippen molar-refractivity contribution in [2.45, 2.75) is 0 Å². The van der Waals surface area contributed by atoms with E-state index in [0.717, 1.165) is 0 Å². The number of rotatable bonds is 5. The number of methoxy groups -OCH3 is 2. The Morgan fingerprint density at radius 3 is 2.71 bits per heavy atom. The Balaban J connectivity index is 2.81. The first-order valence-electron chi connectivity index (χ1n) is 4.90. The van der Waals surface area contributed by atoms with Gasteiger partial charge in [-0.1, -0.05) is 11.6 Å². The number of hydrogen-bond donors (Lipinski definition) is 1. The third-order valence-electron chi connectivity index (χ3n) is 2.06. The van der Waals surface area contributed by atoms with Gasteiger partial charge in [-0.2, -0.15) is 0 Å². The molecule has 0 saturated heterocycles. The summed E-state index contributed by atoms with van der Waals surface area (Å²) in [6, 6.07) is 3.22. The number of amides is 1. The van der Waals surface area contributed by atoms with Gasteiger partial charge >= 0.3 is 0 Å². The van der Waals surface area contributed by atoms with Gasteiger partial charge in [-0.25, -0.2) is 0 Å². The Morgan fingerprint density at radius 2 is 2.18 bits per heavy atom. The third-order valence-corrected chi connectivity index (χ3v) is 2.93. The molecule has 0 bridgehead atoms. The molecule has 1 aromatic rings. The van der Waals surface area contributed by atoms with Crippen molar-refractivity contribution in [1.29, 1.82) is 0 Å². The Morgan fingerprint density at radius 1 is 1.47 bits per heavy atom. The monoisotopic (exact) mass is 321 g/mol. The van der Waals surface area contributed by atoms with E-state index in [1.807, 2.05) is 0 Å². The molecule has 1 N–H and O–H groups in total. The lowest BCUT2D eigenvalue weighted by molar-refractivity contribution is 0.0937. The second-order valence-corrected chi connectivity index (χ2v) is 4.48. The van der Waals surface area contributed by atoms with Gasteiger partial charge in [0.25, 0.3) is 5.91 Å². The summed E-state index contributed by atoms with van der Waals surface area (Å²) in [7, 11) is 3.09. The third kappa shape index (κ3) is 3.87. The van der Waals surface area contributed by atoms with Crippen LogP contribution in [0.15, 0.2) is 16.6 Å². The largest absolute Gasteiger partial charge is 0.494 e. The number of nitrogens with one attached hydrogen (secondary N) is 1. The highest BCUT2D eigenvalue weighted by Gasteiger charge is 2.12. The van der Waals surface area contributed by atoms with Crippen LogP contribution in [-0.4, -0.2) is 33.3 Å². The minimum Gasteiger partial charge on any atom is -0.494 e. The van der Waals surface area contributed by atoms with Crippen LogP contribution in [0.25, 0.3) is 0 Å².